The second kappa shape index (κ2) is 7.79. The van der Waals surface area contributed by atoms with Gasteiger partial charge in [-0.25, -0.2) is 0 Å². The summed E-state index contributed by atoms with van der Waals surface area (Å²) in [4.78, 5) is 14.1. The summed E-state index contributed by atoms with van der Waals surface area (Å²) in [6.07, 6.45) is 1.84. The van der Waals surface area contributed by atoms with Gasteiger partial charge in [-0.15, -0.1) is 0 Å². The molecular weight excluding hydrogens is 320 g/mol. The zero-order chi connectivity index (χ0) is 17.8. The van der Waals surface area contributed by atoms with Gasteiger partial charge in [0.2, 0.25) is 5.91 Å². The number of ether oxygens (including phenoxy) is 1. The van der Waals surface area contributed by atoms with Crippen molar-refractivity contribution >= 4 is 5.91 Å². The molecule has 1 N–H and O–H groups in total. The molecule has 1 atom stereocenters. The summed E-state index contributed by atoms with van der Waals surface area (Å²) in [6, 6.07) is 4.19. The van der Waals surface area contributed by atoms with Crippen LogP contribution in [0.15, 0.2) is 18.3 Å². The van der Waals surface area contributed by atoms with Gasteiger partial charge in [0, 0.05) is 59.0 Å². The fraction of sp³-hybridized carbons (Fsp3) is 0.588. The monoisotopic (exact) mass is 346 g/mol. The molecule has 0 saturated carbocycles. The van der Waals surface area contributed by atoms with Crippen LogP contribution >= 0.6 is 0 Å². The summed E-state index contributed by atoms with van der Waals surface area (Å²) in [7, 11) is 3.51. The van der Waals surface area contributed by atoms with Crippen molar-refractivity contribution in [2.24, 2.45) is 13.0 Å². The van der Waals surface area contributed by atoms with Crippen molar-refractivity contribution in [3.05, 3.63) is 35.4 Å². The van der Waals surface area contributed by atoms with Crippen LogP contribution < -0.4 is 5.32 Å². The van der Waals surface area contributed by atoms with Gasteiger partial charge in [-0.05, 0) is 19.1 Å². The van der Waals surface area contributed by atoms with Crippen LogP contribution in [0.4, 0.5) is 0 Å². The van der Waals surface area contributed by atoms with E-state index in [4.69, 9.17) is 4.74 Å². The lowest BCUT2D eigenvalue weighted by Crippen LogP contribution is -2.37. The SMILES string of the molecule is COCC(=O)NC[C@@H]1CN(Cc2cc(C)nn2C)Cc2ccnn2C1. The minimum atomic E-state index is -0.0822. The third-order valence-electron chi connectivity index (χ3n) is 4.49. The minimum Gasteiger partial charge on any atom is -0.375 e. The maximum atomic E-state index is 11.7. The quantitative estimate of drug-likeness (QED) is 0.815. The molecule has 0 radical (unpaired) electrons. The molecule has 0 fully saturated rings. The van der Waals surface area contributed by atoms with Gasteiger partial charge in [-0.1, -0.05) is 0 Å². The van der Waals surface area contributed by atoms with Crippen LogP contribution in [-0.2, 0) is 36.2 Å². The number of carbonyl (C=O) groups excluding carboxylic acids is 1. The predicted molar refractivity (Wildman–Crippen MR) is 92.7 cm³/mol. The molecule has 0 aliphatic carbocycles. The van der Waals surface area contributed by atoms with E-state index < -0.39 is 0 Å². The van der Waals surface area contributed by atoms with Crippen molar-refractivity contribution in [2.45, 2.75) is 26.6 Å². The molecular formula is C17H26N6O2. The Labute approximate surface area is 147 Å². The first-order valence-corrected chi connectivity index (χ1v) is 8.53. The van der Waals surface area contributed by atoms with E-state index in [9.17, 15) is 4.79 Å². The molecule has 1 aliphatic rings. The standard InChI is InChI=1S/C17H26N6O2/c1-13-6-16(21(2)20-13)11-22-8-14(7-18-17(24)12-25-3)9-23-15(10-22)4-5-19-23/h4-6,14H,7-12H2,1-3H3,(H,18,24)/t14-/m1/s1. The van der Waals surface area contributed by atoms with Crippen molar-refractivity contribution in [2.75, 3.05) is 26.8 Å². The zero-order valence-electron chi connectivity index (χ0n) is 15.1. The Kier molecular flexibility index (Phi) is 5.50. The van der Waals surface area contributed by atoms with Crippen LogP contribution in [-0.4, -0.2) is 57.2 Å². The van der Waals surface area contributed by atoms with E-state index >= 15 is 0 Å². The van der Waals surface area contributed by atoms with Gasteiger partial charge in [0.1, 0.15) is 6.61 Å². The summed E-state index contributed by atoms with van der Waals surface area (Å²) in [5.74, 6) is 0.206. The number of hydrogen-bond acceptors (Lipinski definition) is 5. The summed E-state index contributed by atoms with van der Waals surface area (Å²) in [6.45, 7) is 6.07. The highest BCUT2D eigenvalue weighted by Gasteiger charge is 2.23. The molecule has 1 amide bonds. The zero-order valence-corrected chi connectivity index (χ0v) is 15.1. The number of rotatable bonds is 6. The number of nitrogens with zero attached hydrogens (tertiary/aromatic N) is 5. The predicted octanol–water partition coefficient (Wildman–Crippen LogP) is 0.320. The Morgan fingerprint density at radius 2 is 2.28 bits per heavy atom. The number of methoxy groups -OCH3 is 1. The number of aryl methyl sites for hydroxylation is 2. The van der Waals surface area contributed by atoms with E-state index in [1.54, 1.807) is 0 Å². The third-order valence-corrected chi connectivity index (χ3v) is 4.49. The third kappa shape index (κ3) is 4.46. The molecule has 0 unspecified atom stereocenters. The molecule has 0 saturated heterocycles. The molecule has 2 aromatic heterocycles. The number of carbonyl (C=O) groups is 1. The summed E-state index contributed by atoms with van der Waals surface area (Å²) in [5, 5.41) is 11.8. The fourth-order valence-corrected chi connectivity index (χ4v) is 3.35. The fourth-order valence-electron chi connectivity index (χ4n) is 3.35. The number of fused-ring (bicyclic) bond motifs is 1. The molecule has 8 heteroatoms. The van der Waals surface area contributed by atoms with Gasteiger partial charge in [-0.3, -0.25) is 19.1 Å². The molecule has 3 rings (SSSR count). The van der Waals surface area contributed by atoms with Gasteiger partial charge < -0.3 is 10.1 Å². The average Bonchev–Trinajstić information content (AvgIpc) is 3.07. The van der Waals surface area contributed by atoms with Gasteiger partial charge in [0.05, 0.1) is 17.1 Å². The number of hydrogen-bond donors (Lipinski definition) is 1. The Balaban J connectivity index is 1.70. The molecule has 0 aromatic carbocycles. The van der Waals surface area contributed by atoms with Crippen molar-refractivity contribution in [1.82, 2.24) is 29.8 Å². The second-order valence-corrected chi connectivity index (χ2v) is 6.68. The summed E-state index contributed by atoms with van der Waals surface area (Å²) < 4.78 is 8.86. The molecule has 0 spiro atoms. The Hall–Kier alpha value is -2.19. The summed E-state index contributed by atoms with van der Waals surface area (Å²) >= 11 is 0. The molecule has 136 valence electrons. The normalized spacial score (nSPS) is 18.0. The van der Waals surface area contributed by atoms with Crippen LogP contribution in [0, 0.1) is 12.8 Å². The van der Waals surface area contributed by atoms with Crippen LogP contribution in [0.2, 0.25) is 0 Å². The van der Waals surface area contributed by atoms with Crippen LogP contribution in [0.1, 0.15) is 17.1 Å². The highest BCUT2D eigenvalue weighted by molar-refractivity contribution is 5.77. The average molecular weight is 346 g/mol. The van der Waals surface area contributed by atoms with Crippen LogP contribution in [0.3, 0.4) is 0 Å². The minimum absolute atomic E-state index is 0.0822. The van der Waals surface area contributed by atoms with Crippen molar-refractivity contribution in [1.29, 1.82) is 0 Å². The van der Waals surface area contributed by atoms with Crippen LogP contribution in [0.5, 0.6) is 0 Å². The van der Waals surface area contributed by atoms with E-state index in [0.29, 0.717) is 6.54 Å². The van der Waals surface area contributed by atoms with Crippen molar-refractivity contribution in [3.8, 4) is 0 Å². The number of nitrogens with one attached hydrogen (secondary N) is 1. The molecule has 8 nitrogen and oxygen atoms in total. The van der Waals surface area contributed by atoms with Gasteiger partial charge in [0.25, 0.3) is 0 Å². The Morgan fingerprint density at radius 3 is 3.00 bits per heavy atom. The lowest BCUT2D eigenvalue weighted by molar-refractivity contribution is -0.124. The first kappa shape index (κ1) is 17.6. The smallest absolute Gasteiger partial charge is 0.245 e. The van der Waals surface area contributed by atoms with Gasteiger partial charge in [0.15, 0.2) is 0 Å². The number of aromatic nitrogens is 4. The highest BCUT2D eigenvalue weighted by atomic mass is 16.5. The molecule has 1 aliphatic heterocycles. The molecule has 2 aromatic rings. The molecule has 25 heavy (non-hydrogen) atoms. The first-order valence-electron chi connectivity index (χ1n) is 8.53. The molecule has 0 bridgehead atoms. The lowest BCUT2D eigenvalue weighted by atomic mass is 10.1. The van der Waals surface area contributed by atoms with E-state index in [-0.39, 0.29) is 18.4 Å². The summed E-state index contributed by atoms with van der Waals surface area (Å²) in [5.41, 5.74) is 3.41. The van der Waals surface area contributed by atoms with Gasteiger partial charge in [-0.2, -0.15) is 10.2 Å². The van der Waals surface area contributed by atoms with Crippen molar-refractivity contribution < 1.29 is 9.53 Å². The Morgan fingerprint density at radius 1 is 1.44 bits per heavy atom. The van der Waals surface area contributed by atoms with Crippen LogP contribution in [0.25, 0.3) is 0 Å². The second-order valence-electron chi connectivity index (χ2n) is 6.68. The first-order chi connectivity index (χ1) is 12.0. The van der Waals surface area contributed by atoms with E-state index in [0.717, 1.165) is 31.9 Å². The Bertz CT molecular complexity index is 723. The van der Waals surface area contributed by atoms with E-state index in [1.165, 1.54) is 18.5 Å². The number of amides is 1. The maximum Gasteiger partial charge on any atom is 0.245 e. The maximum absolute atomic E-state index is 11.7. The highest BCUT2D eigenvalue weighted by Crippen LogP contribution is 2.18. The van der Waals surface area contributed by atoms with Gasteiger partial charge >= 0.3 is 0 Å². The molecule has 3 heterocycles. The van der Waals surface area contributed by atoms with Crippen molar-refractivity contribution in [3.63, 3.8) is 0 Å². The lowest BCUT2D eigenvalue weighted by Gasteiger charge is -2.24. The van der Waals surface area contributed by atoms with E-state index in [2.05, 4.69) is 32.5 Å². The largest absolute Gasteiger partial charge is 0.375 e. The van der Waals surface area contributed by atoms with E-state index in [1.807, 2.05) is 29.5 Å². The topological polar surface area (TPSA) is 77.2 Å².